The molecule has 0 aliphatic rings. The maximum atomic E-state index is 12.0. The number of halogens is 1. The van der Waals surface area contributed by atoms with E-state index in [1.807, 2.05) is 19.9 Å². The quantitative estimate of drug-likeness (QED) is 0.724. The molecule has 0 aromatic heterocycles. The Bertz CT molecular complexity index is 482. The highest BCUT2D eigenvalue weighted by Crippen LogP contribution is 2.23. The van der Waals surface area contributed by atoms with Crippen LogP contribution in [0.5, 0.6) is 5.75 Å². The van der Waals surface area contributed by atoms with Crippen LogP contribution >= 0.6 is 11.6 Å². The smallest absolute Gasteiger partial charge is 0.315 e. The van der Waals surface area contributed by atoms with Gasteiger partial charge in [0, 0.05) is 29.3 Å². The number of nitrogens with one attached hydrogen (secondary N) is 2. The molecule has 2 amide bonds. The average Bonchev–Trinajstić information content (AvgIpc) is 2.46. The summed E-state index contributed by atoms with van der Waals surface area (Å²) < 4.78 is 5.23. The topological polar surface area (TPSA) is 70.6 Å². The molecule has 0 saturated carbocycles. The minimum absolute atomic E-state index is 0.0373. The van der Waals surface area contributed by atoms with Crippen molar-refractivity contribution in [3.8, 4) is 5.75 Å². The van der Waals surface area contributed by atoms with Crippen molar-refractivity contribution in [1.29, 1.82) is 0 Å². The van der Waals surface area contributed by atoms with Crippen LogP contribution in [-0.4, -0.2) is 30.4 Å². The van der Waals surface area contributed by atoms with E-state index in [0.717, 1.165) is 12.0 Å². The largest absolute Gasteiger partial charge is 0.496 e. The molecule has 21 heavy (non-hydrogen) atoms. The van der Waals surface area contributed by atoms with Crippen molar-refractivity contribution < 1.29 is 14.6 Å². The van der Waals surface area contributed by atoms with Crippen molar-refractivity contribution in [2.24, 2.45) is 0 Å². The van der Waals surface area contributed by atoms with E-state index in [4.69, 9.17) is 21.4 Å². The van der Waals surface area contributed by atoms with Crippen LogP contribution in [0.15, 0.2) is 18.2 Å². The molecule has 3 N–H and O–H groups in total. The van der Waals surface area contributed by atoms with Gasteiger partial charge in [-0.1, -0.05) is 24.6 Å². The van der Waals surface area contributed by atoms with Crippen molar-refractivity contribution in [2.45, 2.75) is 38.8 Å². The fourth-order valence-electron chi connectivity index (χ4n) is 1.93. The van der Waals surface area contributed by atoms with Gasteiger partial charge in [-0.3, -0.25) is 0 Å². The lowest BCUT2D eigenvalue weighted by atomic mass is 9.95. The van der Waals surface area contributed by atoms with Gasteiger partial charge in [0.05, 0.1) is 7.11 Å². The predicted octanol–water partition coefficient (Wildman–Crippen LogP) is 2.70. The van der Waals surface area contributed by atoms with Gasteiger partial charge in [-0.15, -0.1) is 0 Å². The Morgan fingerprint density at radius 3 is 2.76 bits per heavy atom. The van der Waals surface area contributed by atoms with E-state index in [0.29, 0.717) is 23.7 Å². The molecule has 0 aliphatic carbocycles. The van der Waals surface area contributed by atoms with Crippen LogP contribution in [0.4, 0.5) is 4.79 Å². The van der Waals surface area contributed by atoms with Crippen LogP contribution in [0.3, 0.4) is 0 Å². The van der Waals surface area contributed by atoms with Crippen LogP contribution in [0.1, 0.15) is 32.3 Å². The van der Waals surface area contributed by atoms with E-state index < -0.39 is 5.54 Å². The first-order valence-corrected chi connectivity index (χ1v) is 7.31. The van der Waals surface area contributed by atoms with Crippen LogP contribution in [0.25, 0.3) is 0 Å². The minimum atomic E-state index is -0.414. The molecule has 118 valence electrons. The molecule has 1 aromatic rings. The Hall–Kier alpha value is -1.46. The van der Waals surface area contributed by atoms with Crippen LogP contribution < -0.4 is 15.4 Å². The molecule has 1 aromatic carbocycles. The molecule has 1 rings (SSSR count). The van der Waals surface area contributed by atoms with Crippen molar-refractivity contribution in [3.05, 3.63) is 28.8 Å². The van der Waals surface area contributed by atoms with Crippen LogP contribution in [-0.2, 0) is 6.54 Å². The predicted molar refractivity (Wildman–Crippen MR) is 83.8 cm³/mol. The van der Waals surface area contributed by atoms with E-state index in [9.17, 15) is 4.79 Å². The number of amides is 2. The lowest BCUT2D eigenvalue weighted by Gasteiger charge is -2.29. The first-order valence-electron chi connectivity index (χ1n) is 6.93. The molecule has 0 spiro atoms. The van der Waals surface area contributed by atoms with Gasteiger partial charge >= 0.3 is 6.03 Å². The fraction of sp³-hybridized carbons (Fsp3) is 0.533. The summed E-state index contributed by atoms with van der Waals surface area (Å²) in [5.41, 5.74) is 0.431. The van der Waals surface area contributed by atoms with Crippen molar-refractivity contribution in [3.63, 3.8) is 0 Å². The van der Waals surface area contributed by atoms with Crippen LogP contribution in [0, 0.1) is 0 Å². The first kappa shape index (κ1) is 17.6. The molecule has 0 heterocycles. The maximum Gasteiger partial charge on any atom is 0.315 e. The Morgan fingerprint density at radius 1 is 1.48 bits per heavy atom. The number of ether oxygens (including phenoxy) is 1. The standard InChI is InChI=1S/C15H23ClN2O3/c1-4-15(2,7-8-19)18-14(20)17-10-11-5-6-12(16)9-13(11)21-3/h5-6,9,19H,4,7-8,10H2,1-3H3,(H2,17,18,20). The second kappa shape index (κ2) is 8.10. The molecule has 0 bridgehead atoms. The summed E-state index contributed by atoms with van der Waals surface area (Å²) in [7, 11) is 1.56. The summed E-state index contributed by atoms with van der Waals surface area (Å²) in [4.78, 5) is 12.0. The van der Waals surface area contributed by atoms with E-state index >= 15 is 0 Å². The molecule has 0 saturated heterocycles. The molecule has 1 atom stereocenters. The Balaban J connectivity index is 2.61. The maximum absolute atomic E-state index is 12.0. The molecule has 0 aliphatic heterocycles. The molecular formula is C15H23ClN2O3. The van der Waals surface area contributed by atoms with E-state index in [-0.39, 0.29) is 12.6 Å². The molecule has 0 fully saturated rings. The molecular weight excluding hydrogens is 292 g/mol. The molecule has 5 nitrogen and oxygen atoms in total. The highest BCUT2D eigenvalue weighted by Gasteiger charge is 2.23. The van der Waals surface area contributed by atoms with Gasteiger partial charge in [0.1, 0.15) is 5.75 Å². The zero-order chi connectivity index (χ0) is 15.9. The molecule has 0 radical (unpaired) electrons. The number of hydrogen-bond acceptors (Lipinski definition) is 3. The van der Waals surface area contributed by atoms with Gasteiger partial charge in [0.2, 0.25) is 0 Å². The Labute approximate surface area is 130 Å². The number of carbonyl (C=O) groups is 1. The second-order valence-electron chi connectivity index (χ2n) is 5.15. The van der Waals surface area contributed by atoms with Gasteiger partial charge < -0.3 is 20.5 Å². The number of aliphatic hydroxyl groups is 1. The van der Waals surface area contributed by atoms with Gasteiger partial charge in [0.25, 0.3) is 0 Å². The number of hydrogen-bond donors (Lipinski definition) is 3. The number of carbonyl (C=O) groups excluding carboxylic acids is 1. The summed E-state index contributed by atoms with van der Waals surface area (Å²) >= 11 is 5.90. The third kappa shape index (κ3) is 5.44. The summed E-state index contributed by atoms with van der Waals surface area (Å²) in [6.45, 7) is 4.25. The average molecular weight is 315 g/mol. The van der Waals surface area contributed by atoms with Gasteiger partial charge in [-0.25, -0.2) is 4.79 Å². The Kier molecular flexibility index (Phi) is 6.78. The zero-order valence-electron chi connectivity index (χ0n) is 12.7. The monoisotopic (exact) mass is 314 g/mol. The summed E-state index contributed by atoms with van der Waals surface area (Å²) in [6.07, 6.45) is 1.26. The summed E-state index contributed by atoms with van der Waals surface area (Å²) in [5.74, 6) is 0.636. The normalized spacial score (nSPS) is 13.4. The minimum Gasteiger partial charge on any atom is -0.496 e. The van der Waals surface area contributed by atoms with Gasteiger partial charge in [0.15, 0.2) is 0 Å². The highest BCUT2D eigenvalue weighted by molar-refractivity contribution is 6.30. The van der Waals surface area contributed by atoms with Crippen molar-refractivity contribution in [1.82, 2.24) is 10.6 Å². The van der Waals surface area contributed by atoms with Gasteiger partial charge in [-0.2, -0.15) is 0 Å². The lowest BCUT2D eigenvalue weighted by molar-refractivity contribution is 0.200. The first-order chi connectivity index (χ1) is 9.94. The fourth-order valence-corrected chi connectivity index (χ4v) is 2.09. The SMILES string of the molecule is CCC(C)(CCO)NC(=O)NCc1ccc(Cl)cc1OC. The number of urea groups is 1. The highest BCUT2D eigenvalue weighted by atomic mass is 35.5. The third-order valence-corrected chi connectivity index (χ3v) is 3.78. The number of methoxy groups -OCH3 is 1. The number of aliphatic hydroxyl groups excluding tert-OH is 1. The summed E-state index contributed by atoms with van der Waals surface area (Å²) in [6, 6.07) is 5.00. The van der Waals surface area contributed by atoms with Crippen molar-refractivity contribution in [2.75, 3.05) is 13.7 Å². The Morgan fingerprint density at radius 2 is 2.19 bits per heavy atom. The van der Waals surface area contributed by atoms with E-state index in [2.05, 4.69) is 10.6 Å². The molecule has 1 unspecified atom stereocenters. The third-order valence-electron chi connectivity index (χ3n) is 3.55. The lowest BCUT2D eigenvalue weighted by Crippen LogP contribution is -2.50. The van der Waals surface area contributed by atoms with E-state index in [1.54, 1.807) is 19.2 Å². The van der Waals surface area contributed by atoms with Crippen LogP contribution in [0.2, 0.25) is 5.02 Å². The molecule has 6 heteroatoms. The van der Waals surface area contributed by atoms with Crippen molar-refractivity contribution >= 4 is 17.6 Å². The second-order valence-corrected chi connectivity index (χ2v) is 5.59. The van der Waals surface area contributed by atoms with E-state index in [1.165, 1.54) is 0 Å². The summed E-state index contributed by atoms with van der Waals surface area (Å²) in [5, 5.41) is 15.3. The number of benzene rings is 1. The zero-order valence-corrected chi connectivity index (χ0v) is 13.5. The van der Waals surface area contributed by atoms with Gasteiger partial charge in [-0.05, 0) is 31.9 Å². The number of rotatable bonds is 7.